The fourth-order valence-corrected chi connectivity index (χ4v) is 7.27. The van der Waals surface area contributed by atoms with Gasteiger partial charge in [0.15, 0.2) is 11.6 Å². The molecule has 4 unspecified atom stereocenters. The van der Waals surface area contributed by atoms with Crippen molar-refractivity contribution in [2.75, 3.05) is 4.90 Å². The fraction of sp³-hybridized carbons (Fsp3) is 0.212. The maximum Gasteiger partial charge on any atom is 0.238 e. The van der Waals surface area contributed by atoms with Crippen LogP contribution in [0.4, 0.5) is 5.69 Å². The van der Waals surface area contributed by atoms with E-state index in [2.05, 4.69) is 0 Å². The zero-order valence-electron chi connectivity index (χ0n) is 21.6. The molecule has 1 saturated heterocycles. The van der Waals surface area contributed by atoms with Crippen molar-refractivity contribution in [3.8, 4) is 5.75 Å². The average molecular weight is 550 g/mol. The van der Waals surface area contributed by atoms with Crippen LogP contribution in [0.25, 0.3) is 10.8 Å². The molecule has 4 atom stereocenters. The van der Waals surface area contributed by atoms with Gasteiger partial charge in [-0.3, -0.25) is 24.1 Å². The molecule has 0 aromatic heterocycles. The van der Waals surface area contributed by atoms with Crippen LogP contribution in [0, 0.1) is 17.8 Å². The number of ketones is 2. The number of Topliss-reactive ketones (excluding diaryl/α,β-unsaturated/α-hetero) is 1. The highest BCUT2D eigenvalue weighted by Gasteiger charge is 2.57. The molecule has 1 aliphatic heterocycles. The van der Waals surface area contributed by atoms with Crippen molar-refractivity contribution in [2.24, 2.45) is 17.8 Å². The van der Waals surface area contributed by atoms with Crippen molar-refractivity contribution in [1.82, 2.24) is 0 Å². The maximum absolute atomic E-state index is 14.0. The predicted molar refractivity (Wildman–Crippen MR) is 151 cm³/mol. The molecule has 3 aromatic rings. The Balaban J connectivity index is 1.42. The summed E-state index contributed by atoms with van der Waals surface area (Å²) in [5.41, 5.74) is 2.88. The van der Waals surface area contributed by atoms with Crippen LogP contribution in [0.5, 0.6) is 5.75 Å². The number of benzene rings is 3. The van der Waals surface area contributed by atoms with Crippen LogP contribution in [0.3, 0.4) is 0 Å². The first kappa shape index (κ1) is 24.7. The third kappa shape index (κ3) is 3.42. The van der Waals surface area contributed by atoms with Gasteiger partial charge in [0.2, 0.25) is 11.8 Å². The number of halogens is 1. The summed E-state index contributed by atoms with van der Waals surface area (Å²) in [5, 5.41) is 13.4. The summed E-state index contributed by atoms with van der Waals surface area (Å²) in [6.45, 7) is 1.62. The summed E-state index contributed by atoms with van der Waals surface area (Å²) in [6, 6.07) is 17.6. The van der Waals surface area contributed by atoms with E-state index in [0.717, 1.165) is 16.3 Å². The van der Waals surface area contributed by atoms with E-state index in [1.165, 1.54) is 11.0 Å². The van der Waals surface area contributed by atoms with Crippen LogP contribution in [-0.2, 0) is 19.2 Å². The van der Waals surface area contributed by atoms with Crippen molar-refractivity contribution >= 4 is 51.4 Å². The lowest BCUT2D eigenvalue weighted by Gasteiger charge is -2.42. The Bertz CT molecular complexity index is 1780. The number of hydrogen-bond donors (Lipinski definition) is 1. The molecule has 0 bridgehead atoms. The Kier molecular flexibility index (Phi) is 5.48. The highest BCUT2D eigenvalue weighted by Crippen LogP contribution is 2.57. The standard InChI is InChI=1S/C33H24ClNO5/c1-16-14-26(37)29-24(31(16)38)15-23-21(30(29)28-20-5-3-2-4-17(20)6-13-25(28)36)11-12-22-27(23)33(40)35(32(22)39)19-9-7-18(34)8-10-19/h2-11,13-14,22-23,27,30,36H,12,15H2,1H3. The molecule has 3 aliphatic carbocycles. The highest BCUT2D eigenvalue weighted by atomic mass is 35.5. The summed E-state index contributed by atoms with van der Waals surface area (Å²) < 4.78 is 0. The number of anilines is 1. The number of phenols is 1. The number of amides is 2. The van der Waals surface area contributed by atoms with E-state index in [1.54, 1.807) is 37.3 Å². The molecule has 1 heterocycles. The molecular formula is C33H24ClNO5. The van der Waals surface area contributed by atoms with Gasteiger partial charge in [0.1, 0.15) is 5.75 Å². The average Bonchev–Trinajstić information content (AvgIpc) is 3.21. The molecule has 0 spiro atoms. The Morgan fingerprint density at radius 2 is 1.65 bits per heavy atom. The topological polar surface area (TPSA) is 91.8 Å². The van der Waals surface area contributed by atoms with Gasteiger partial charge in [-0.2, -0.15) is 0 Å². The molecule has 2 amide bonds. The Labute approximate surface area is 235 Å². The lowest BCUT2D eigenvalue weighted by atomic mass is 9.59. The first-order valence-corrected chi connectivity index (χ1v) is 13.7. The normalized spacial score (nSPS) is 26.0. The number of nitrogens with zero attached hydrogens (tertiary/aromatic N) is 1. The number of carbonyl (C=O) groups excluding carboxylic acids is 4. The lowest BCUT2D eigenvalue weighted by Crippen LogP contribution is -2.39. The van der Waals surface area contributed by atoms with Gasteiger partial charge in [0, 0.05) is 33.2 Å². The van der Waals surface area contributed by atoms with Gasteiger partial charge in [-0.1, -0.05) is 53.6 Å². The van der Waals surface area contributed by atoms with Gasteiger partial charge < -0.3 is 5.11 Å². The maximum atomic E-state index is 14.0. The molecule has 4 aliphatic rings. The van der Waals surface area contributed by atoms with E-state index in [4.69, 9.17) is 11.6 Å². The number of allylic oxidation sites excluding steroid dienone is 6. The summed E-state index contributed by atoms with van der Waals surface area (Å²) in [5.74, 6) is -3.53. The van der Waals surface area contributed by atoms with Gasteiger partial charge in [0.25, 0.3) is 0 Å². The van der Waals surface area contributed by atoms with Crippen LogP contribution in [-0.4, -0.2) is 28.5 Å². The summed E-state index contributed by atoms with van der Waals surface area (Å²) in [4.78, 5) is 55.9. The predicted octanol–water partition coefficient (Wildman–Crippen LogP) is 5.83. The zero-order valence-corrected chi connectivity index (χ0v) is 22.3. The highest BCUT2D eigenvalue weighted by molar-refractivity contribution is 6.31. The third-order valence-corrected chi connectivity index (χ3v) is 9.14. The summed E-state index contributed by atoms with van der Waals surface area (Å²) in [6.07, 6.45) is 3.84. The Morgan fingerprint density at radius 3 is 2.42 bits per heavy atom. The minimum absolute atomic E-state index is 0.0161. The Morgan fingerprint density at radius 1 is 0.900 bits per heavy atom. The number of hydrogen-bond acceptors (Lipinski definition) is 5. The van der Waals surface area contributed by atoms with Gasteiger partial charge in [-0.05, 0) is 72.9 Å². The van der Waals surface area contributed by atoms with E-state index in [0.29, 0.717) is 39.4 Å². The molecule has 7 heteroatoms. The molecule has 40 heavy (non-hydrogen) atoms. The minimum atomic E-state index is -0.714. The summed E-state index contributed by atoms with van der Waals surface area (Å²) in [7, 11) is 0. The van der Waals surface area contributed by atoms with Crippen molar-refractivity contribution in [3.63, 3.8) is 0 Å². The molecule has 1 N–H and O–H groups in total. The Hall–Kier alpha value is -4.29. The minimum Gasteiger partial charge on any atom is -0.508 e. The van der Waals surface area contributed by atoms with E-state index >= 15 is 0 Å². The molecule has 7 rings (SSSR count). The van der Waals surface area contributed by atoms with Crippen LogP contribution >= 0.6 is 11.6 Å². The van der Waals surface area contributed by atoms with Gasteiger partial charge in [-0.25, -0.2) is 0 Å². The molecule has 0 radical (unpaired) electrons. The monoisotopic (exact) mass is 549 g/mol. The van der Waals surface area contributed by atoms with Crippen LogP contribution in [0.15, 0.2) is 95.1 Å². The largest absolute Gasteiger partial charge is 0.508 e. The number of carbonyl (C=O) groups is 4. The number of imide groups is 1. The molecule has 198 valence electrons. The van der Waals surface area contributed by atoms with Crippen molar-refractivity contribution in [1.29, 1.82) is 0 Å². The van der Waals surface area contributed by atoms with Crippen molar-refractivity contribution in [2.45, 2.75) is 25.7 Å². The lowest BCUT2D eigenvalue weighted by molar-refractivity contribution is -0.123. The number of aromatic hydroxyl groups is 1. The van der Waals surface area contributed by atoms with Crippen LogP contribution in [0.1, 0.15) is 31.2 Å². The van der Waals surface area contributed by atoms with E-state index in [-0.39, 0.29) is 35.6 Å². The van der Waals surface area contributed by atoms with Crippen molar-refractivity contribution in [3.05, 3.63) is 106 Å². The van der Waals surface area contributed by atoms with E-state index in [1.807, 2.05) is 36.4 Å². The number of fused-ring (bicyclic) bond motifs is 4. The van der Waals surface area contributed by atoms with Gasteiger partial charge in [0.05, 0.1) is 17.5 Å². The quantitative estimate of drug-likeness (QED) is 0.246. The van der Waals surface area contributed by atoms with Crippen molar-refractivity contribution < 1.29 is 24.3 Å². The van der Waals surface area contributed by atoms with Gasteiger partial charge >= 0.3 is 0 Å². The fourth-order valence-electron chi connectivity index (χ4n) is 7.15. The molecule has 0 saturated carbocycles. The molecule has 6 nitrogen and oxygen atoms in total. The second-order valence-corrected chi connectivity index (χ2v) is 11.4. The van der Waals surface area contributed by atoms with Crippen LogP contribution < -0.4 is 4.90 Å². The van der Waals surface area contributed by atoms with Gasteiger partial charge in [-0.15, -0.1) is 0 Å². The molecular weight excluding hydrogens is 526 g/mol. The van der Waals surface area contributed by atoms with E-state index in [9.17, 15) is 24.3 Å². The zero-order chi connectivity index (χ0) is 27.9. The third-order valence-electron chi connectivity index (χ3n) is 8.88. The van der Waals surface area contributed by atoms with E-state index < -0.39 is 23.7 Å². The molecule has 1 fully saturated rings. The first-order chi connectivity index (χ1) is 19.3. The summed E-state index contributed by atoms with van der Waals surface area (Å²) >= 11 is 6.05. The second kappa shape index (κ2) is 8.86. The van der Waals surface area contributed by atoms with Crippen LogP contribution in [0.2, 0.25) is 5.02 Å². The number of phenolic OH excluding ortho intramolecular Hbond substituents is 1. The smallest absolute Gasteiger partial charge is 0.238 e. The SMILES string of the molecule is CC1=CC(=O)C2=C(CC3C(=CCC4C(=O)N(c5ccc(Cl)cc5)C(=O)C43)C2c2c(O)ccc3ccccc23)C1=O. The molecule has 3 aromatic carbocycles. The number of rotatable bonds is 2. The first-order valence-electron chi connectivity index (χ1n) is 13.3. The second-order valence-electron chi connectivity index (χ2n) is 10.9.